The predicted octanol–water partition coefficient (Wildman–Crippen LogP) is 0.943. The highest BCUT2D eigenvalue weighted by Crippen LogP contribution is 2.15. The van der Waals surface area contributed by atoms with E-state index < -0.39 is 0 Å². The minimum Gasteiger partial charge on any atom is -0.355 e. The maximum Gasteiger partial charge on any atom is 0.239 e. The van der Waals surface area contributed by atoms with Crippen molar-refractivity contribution in [2.24, 2.45) is 0 Å². The van der Waals surface area contributed by atoms with E-state index in [2.05, 4.69) is 20.3 Å². The van der Waals surface area contributed by atoms with Crippen molar-refractivity contribution in [3.8, 4) is 0 Å². The van der Waals surface area contributed by atoms with Gasteiger partial charge in [-0.15, -0.1) is 0 Å². The highest BCUT2D eigenvalue weighted by Gasteiger charge is 2.14. The van der Waals surface area contributed by atoms with Gasteiger partial charge in [-0.3, -0.25) is 4.79 Å². The summed E-state index contributed by atoms with van der Waals surface area (Å²) in [6.07, 6.45) is 0. The summed E-state index contributed by atoms with van der Waals surface area (Å²) in [6.45, 7) is 8.21. The van der Waals surface area contributed by atoms with Crippen molar-refractivity contribution in [3.63, 3.8) is 0 Å². The predicted molar refractivity (Wildman–Crippen MR) is 80.4 cm³/mol. The lowest BCUT2D eigenvalue weighted by Gasteiger charge is -2.21. The summed E-state index contributed by atoms with van der Waals surface area (Å²) in [6, 6.07) is 0. The van der Waals surface area contributed by atoms with E-state index in [1.54, 1.807) is 11.9 Å². The topological polar surface area (TPSA) is 74.2 Å². The standard InChI is InChI=1S/C12H21ClN6O/c1-5-14-9(20)8-18(4)11-15-10(13)16-12(17-11)19(6-2)7-3/h5-8H2,1-4H3,(H,14,20). The third kappa shape index (κ3) is 4.48. The first kappa shape index (κ1) is 16.4. The average molecular weight is 301 g/mol. The summed E-state index contributed by atoms with van der Waals surface area (Å²) in [4.78, 5) is 27.7. The highest BCUT2D eigenvalue weighted by atomic mass is 35.5. The number of likely N-dealkylation sites (N-methyl/N-ethyl adjacent to an activating group) is 2. The number of rotatable bonds is 7. The van der Waals surface area contributed by atoms with Gasteiger partial charge in [-0.05, 0) is 32.4 Å². The molecule has 0 radical (unpaired) electrons. The van der Waals surface area contributed by atoms with Crippen molar-refractivity contribution in [2.75, 3.05) is 43.0 Å². The van der Waals surface area contributed by atoms with Crippen LogP contribution in [0.25, 0.3) is 0 Å². The van der Waals surface area contributed by atoms with Crippen LogP contribution in [0.2, 0.25) is 5.28 Å². The normalized spacial score (nSPS) is 10.2. The quantitative estimate of drug-likeness (QED) is 0.808. The van der Waals surface area contributed by atoms with Gasteiger partial charge in [-0.25, -0.2) is 0 Å². The fourth-order valence-corrected chi connectivity index (χ4v) is 1.84. The minimum atomic E-state index is -0.0871. The summed E-state index contributed by atoms with van der Waals surface area (Å²) in [5, 5.41) is 2.85. The molecule has 0 saturated carbocycles. The van der Waals surface area contributed by atoms with Crippen LogP contribution in [0, 0.1) is 0 Å². The lowest BCUT2D eigenvalue weighted by atomic mass is 10.5. The first-order valence-electron chi connectivity index (χ1n) is 6.66. The smallest absolute Gasteiger partial charge is 0.239 e. The first-order chi connectivity index (χ1) is 9.51. The Hall–Kier alpha value is -1.63. The minimum absolute atomic E-state index is 0.0871. The molecule has 1 aromatic heterocycles. The second-order valence-electron chi connectivity index (χ2n) is 4.19. The Bertz CT molecular complexity index is 452. The molecule has 0 unspecified atom stereocenters. The van der Waals surface area contributed by atoms with E-state index in [9.17, 15) is 4.79 Å². The molecule has 1 aromatic rings. The fourth-order valence-electron chi connectivity index (χ4n) is 1.69. The molecule has 1 amide bonds. The number of anilines is 2. The molecule has 0 fully saturated rings. The highest BCUT2D eigenvalue weighted by molar-refractivity contribution is 6.28. The Labute approximate surface area is 124 Å². The molecule has 1 rings (SSSR count). The van der Waals surface area contributed by atoms with E-state index >= 15 is 0 Å². The number of hydrogen-bond donors (Lipinski definition) is 1. The van der Waals surface area contributed by atoms with Crippen LogP contribution in [0.1, 0.15) is 20.8 Å². The van der Waals surface area contributed by atoms with Crippen LogP contribution in [0.4, 0.5) is 11.9 Å². The van der Waals surface area contributed by atoms with Crippen LogP contribution in [-0.4, -0.2) is 54.1 Å². The lowest BCUT2D eigenvalue weighted by Crippen LogP contribution is -2.36. The van der Waals surface area contributed by atoms with Crippen LogP contribution < -0.4 is 15.1 Å². The van der Waals surface area contributed by atoms with Gasteiger partial charge in [-0.1, -0.05) is 0 Å². The molecule has 0 spiro atoms. The number of halogens is 1. The van der Waals surface area contributed by atoms with Gasteiger partial charge in [-0.2, -0.15) is 15.0 Å². The van der Waals surface area contributed by atoms with Crippen LogP contribution in [-0.2, 0) is 4.79 Å². The van der Waals surface area contributed by atoms with Gasteiger partial charge in [0.15, 0.2) is 0 Å². The molecular weight excluding hydrogens is 280 g/mol. The number of nitrogens with zero attached hydrogens (tertiary/aromatic N) is 5. The zero-order valence-electron chi connectivity index (χ0n) is 12.4. The third-order valence-electron chi connectivity index (χ3n) is 2.73. The fraction of sp³-hybridized carbons (Fsp3) is 0.667. The van der Waals surface area contributed by atoms with E-state index in [4.69, 9.17) is 11.6 Å². The maximum absolute atomic E-state index is 11.6. The summed E-state index contributed by atoms with van der Waals surface area (Å²) in [7, 11) is 1.74. The van der Waals surface area contributed by atoms with Crippen molar-refractivity contribution in [2.45, 2.75) is 20.8 Å². The summed E-state index contributed by atoms with van der Waals surface area (Å²) in [5.41, 5.74) is 0. The molecule has 0 aliphatic heterocycles. The van der Waals surface area contributed by atoms with Crippen molar-refractivity contribution >= 4 is 29.4 Å². The van der Waals surface area contributed by atoms with E-state index in [1.807, 2.05) is 25.7 Å². The molecule has 8 heteroatoms. The summed E-state index contributed by atoms with van der Waals surface area (Å²) < 4.78 is 0. The largest absolute Gasteiger partial charge is 0.355 e. The second kappa shape index (κ2) is 7.84. The molecule has 112 valence electrons. The Morgan fingerprint density at radius 1 is 1.15 bits per heavy atom. The molecule has 0 atom stereocenters. The number of carbonyl (C=O) groups is 1. The molecular formula is C12H21ClN6O. The van der Waals surface area contributed by atoms with Gasteiger partial charge in [0.25, 0.3) is 0 Å². The van der Waals surface area contributed by atoms with Gasteiger partial charge < -0.3 is 15.1 Å². The maximum atomic E-state index is 11.6. The Morgan fingerprint density at radius 2 is 1.75 bits per heavy atom. The van der Waals surface area contributed by atoms with Crippen LogP contribution >= 0.6 is 11.6 Å². The Morgan fingerprint density at radius 3 is 2.30 bits per heavy atom. The average Bonchev–Trinajstić information content (AvgIpc) is 2.39. The molecule has 1 N–H and O–H groups in total. The van der Waals surface area contributed by atoms with Gasteiger partial charge >= 0.3 is 0 Å². The molecule has 20 heavy (non-hydrogen) atoms. The van der Waals surface area contributed by atoms with Crippen LogP contribution in [0.3, 0.4) is 0 Å². The first-order valence-corrected chi connectivity index (χ1v) is 7.03. The van der Waals surface area contributed by atoms with E-state index in [0.29, 0.717) is 18.4 Å². The third-order valence-corrected chi connectivity index (χ3v) is 2.90. The van der Waals surface area contributed by atoms with E-state index in [1.165, 1.54) is 0 Å². The number of nitrogens with one attached hydrogen (secondary N) is 1. The SMILES string of the molecule is CCNC(=O)CN(C)c1nc(Cl)nc(N(CC)CC)n1. The zero-order chi connectivity index (χ0) is 15.1. The lowest BCUT2D eigenvalue weighted by molar-refractivity contribution is -0.119. The number of amides is 1. The molecule has 7 nitrogen and oxygen atoms in total. The monoisotopic (exact) mass is 300 g/mol. The van der Waals surface area contributed by atoms with Crippen molar-refractivity contribution < 1.29 is 4.79 Å². The molecule has 0 aromatic carbocycles. The van der Waals surface area contributed by atoms with Crippen molar-refractivity contribution in [1.29, 1.82) is 0 Å². The Kier molecular flexibility index (Phi) is 6.44. The molecule has 0 saturated heterocycles. The molecule has 1 heterocycles. The van der Waals surface area contributed by atoms with E-state index in [-0.39, 0.29) is 17.7 Å². The van der Waals surface area contributed by atoms with Gasteiger partial charge in [0, 0.05) is 26.7 Å². The van der Waals surface area contributed by atoms with E-state index in [0.717, 1.165) is 13.1 Å². The second-order valence-corrected chi connectivity index (χ2v) is 4.52. The van der Waals surface area contributed by atoms with Crippen molar-refractivity contribution in [3.05, 3.63) is 5.28 Å². The van der Waals surface area contributed by atoms with Gasteiger partial charge in [0.05, 0.1) is 6.54 Å². The van der Waals surface area contributed by atoms with Crippen molar-refractivity contribution in [1.82, 2.24) is 20.3 Å². The zero-order valence-corrected chi connectivity index (χ0v) is 13.1. The molecule has 0 bridgehead atoms. The van der Waals surface area contributed by atoms with Gasteiger partial charge in [0.1, 0.15) is 0 Å². The Balaban J connectivity index is 2.91. The van der Waals surface area contributed by atoms with Gasteiger partial charge in [0.2, 0.25) is 23.1 Å². The van der Waals surface area contributed by atoms with Crippen LogP contribution in [0.5, 0.6) is 0 Å². The number of hydrogen-bond acceptors (Lipinski definition) is 6. The summed E-state index contributed by atoms with van der Waals surface area (Å²) >= 11 is 5.93. The van der Waals surface area contributed by atoms with Crippen LogP contribution in [0.15, 0.2) is 0 Å². The summed E-state index contributed by atoms with van der Waals surface area (Å²) in [5.74, 6) is 0.821. The molecule has 0 aliphatic carbocycles. The molecule has 0 aliphatic rings. The number of carbonyl (C=O) groups excluding carboxylic acids is 1. The number of aromatic nitrogens is 3.